The van der Waals surface area contributed by atoms with Crippen LogP contribution < -0.4 is 0 Å². The Morgan fingerprint density at radius 3 is 3.00 bits per heavy atom. The Bertz CT molecular complexity index is 753. The van der Waals surface area contributed by atoms with Crippen LogP contribution in [-0.2, 0) is 9.53 Å². The van der Waals surface area contributed by atoms with Crippen LogP contribution in [0.25, 0.3) is 5.57 Å². The van der Waals surface area contributed by atoms with E-state index in [1.54, 1.807) is 6.07 Å². The summed E-state index contributed by atoms with van der Waals surface area (Å²) in [5.74, 6) is -0.197. The number of rotatable bonds is 1. The molecule has 2 atom stereocenters. The van der Waals surface area contributed by atoms with E-state index in [0.29, 0.717) is 11.3 Å². The summed E-state index contributed by atoms with van der Waals surface area (Å²) < 4.78 is 5.76. The Morgan fingerprint density at radius 1 is 1.27 bits per heavy atom. The molecule has 3 aliphatic rings. The topological polar surface area (TPSA) is 59.4 Å². The summed E-state index contributed by atoms with van der Waals surface area (Å²) in [6.07, 6.45) is 12.8. The fraction of sp³-hybridized carbons (Fsp3) is 0.222. The van der Waals surface area contributed by atoms with Gasteiger partial charge in [0.15, 0.2) is 5.78 Å². The molecule has 2 unspecified atom stereocenters. The Hall–Kier alpha value is -2.62. The zero-order valence-electron chi connectivity index (χ0n) is 11.9. The summed E-state index contributed by atoms with van der Waals surface area (Å²) in [6, 6.07) is 3.15. The molecule has 4 nitrogen and oxygen atoms in total. The lowest BCUT2D eigenvalue weighted by Gasteiger charge is -2.34. The van der Waals surface area contributed by atoms with Crippen LogP contribution in [0.1, 0.15) is 18.5 Å². The molecule has 1 aliphatic heterocycles. The lowest BCUT2D eigenvalue weighted by Crippen LogP contribution is -2.36. The molecule has 0 bridgehead atoms. The normalized spacial score (nSPS) is 26.2. The van der Waals surface area contributed by atoms with Gasteiger partial charge in [0, 0.05) is 0 Å². The van der Waals surface area contributed by atoms with Crippen LogP contribution in [0.5, 0.6) is 5.75 Å². The van der Waals surface area contributed by atoms with E-state index < -0.39 is 0 Å². The number of carbonyl (C=O) groups excluding carboxylic acids is 1. The van der Waals surface area contributed by atoms with Crippen molar-refractivity contribution in [2.75, 3.05) is 0 Å². The molecule has 2 heterocycles. The lowest BCUT2D eigenvalue weighted by molar-refractivity contribution is -0.119. The third kappa shape index (κ3) is 1.99. The fourth-order valence-electron chi connectivity index (χ4n) is 3.20. The van der Waals surface area contributed by atoms with Gasteiger partial charge in [-0.05, 0) is 42.2 Å². The van der Waals surface area contributed by atoms with Crippen molar-refractivity contribution in [1.29, 1.82) is 0 Å². The molecule has 1 N–H and O–H groups in total. The summed E-state index contributed by atoms with van der Waals surface area (Å²) in [7, 11) is 0. The van der Waals surface area contributed by atoms with Crippen molar-refractivity contribution < 1.29 is 14.6 Å². The molecule has 4 heteroatoms. The third-order valence-electron chi connectivity index (χ3n) is 4.31. The van der Waals surface area contributed by atoms with Crippen LogP contribution in [0.2, 0.25) is 0 Å². The number of fused-ring (bicyclic) bond motifs is 2. The van der Waals surface area contributed by atoms with Crippen molar-refractivity contribution in [3.63, 3.8) is 0 Å². The van der Waals surface area contributed by atoms with E-state index >= 15 is 0 Å². The first-order valence-corrected chi connectivity index (χ1v) is 7.37. The molecular formula is C18H15NO3. The smallest absolute Gasteiger partial charge is 0.179 e. The van der Waals surface area contributed by atoms with Crippen molar-refractivity contribution in [3.8, 4) is 5.75 Å². The number of aromatic hydroxyl groups is 1. The highest BCUT2D eigenvalue weighted by Gasteiger charge is 2.39. The Morgan fingerprint density at radius 2 is 2.18 bits per heavy atom. The van der Waals surface area contributed by atoms with E-state index in [-0.39, 0.29) is 23.6 Å². The monoisotopic (exact) mass is 293 g/mol. The summed E-state index contributed by atoms with van der Waals surface area (Å²) in [6.45, 7) is 0. The number of allylic oxidation sites excluding steroid dienone is 5. The second kappa shape index (κ2) is 4.98. The molecule has 0 fully saturated rings. The van der Waals surface area contributed by atoms with Gasteiger partial charge in [-0.2, -0.15) is 0 Å². The summed E-state index contributed by atoms with van der Waals surface area (Å²) in [5, 5.41) is 9.34. The zero-order valence-corrected chi connectivity index (χ0v) is 11.9. The van der Waals surface area contributed by atoms with Crippen LogP contribution >= 0.6 is 0 Å². The van der Waals surface area contributed by atoms with E-state index in [9.17, 15) is 9.90 Å². The quantitative estimate of drug-likeness (QED) is 0.865. The van der Waals surface area contributed by atoms with Crippen molar-refractivity contribution in [2.45, 2.75) is 18.9 Å². The number of Topliss-reactive ketones (excluding diaryl/α,β-unsaturated/α-hetero) is 1. The van der Waals surface area contributed by atoms with Crippen LogP contribution in [-0.4, -0.2) is 22.0 Å². The third-order valence-corrected chi connectivity index (χ3v) is 4.31. The van der Waals surface area contributed by atoms with Gasteiger partial charge in [-0.1, -0.05) is 18.2 Å². The SMILES string of the molecule is O=C1C(c2ccc(O)cn2)=COC2C=CC3=C(C=CCC3)C12. The lowest BCUT2D eigenvalue weighted by atomic mass is 9.76. The molecule has 1 aromatic heterocycles. The minimum Gasteiger partial charge on any atom is -0.506 e. The Balaban J connectivity index is 1.74. The largest absolute Gasteiger partial charge is 0.506 e. The van der Waals surface area contributed by atoms with Crippen molar-refractivity contribution >= 4 is 11.4 Å². The average Bonchev–Trinajstić information content (AvgIpc) is 2.56. The summed E-state index contributed by atoms with van der Waals surface area (Å²) in [4.78, 5) is 17.1. The molecule has 1 aromatic rings. The van der Waals surface area contributed by atoms with Gasteiger partial charge in [0.2, 0.25) is 0 Å². The second-order valence-corrected chi connectivity index (χ2v) is 5.66. The van der Waals surface area contributed by atoms with Gasteiger partial charge < -0.3 is 9.84 Å². The van der Waals surface area contributed by atoms with Gasteiger partial charge in [0.05, 0.1) is 29.6 Å². The van der Waals surface area contributed by atoms with E-state index in [1.165, 1.54) is 24.1 Å². The van der Waals surface area contributed by atoms with E-state index in [1.807, 2.05) is 6.08 Å². The number of hydrogen-bond donors (Lipinski definition) is 1. The van der Waals surface area contributed by atoms with E-state index in [2.05, 4.69) is 23.2 Å². The molecule has 110 valence electrons. The zero-order chi connectivity index (χ0) is 15.1. The van der Waals surface area contributed by atoms with Crippen molar-refractivity contribution in [2.24, 2.45) is 5.92 Å². The first-order chi connectivity index (χ1) is 10.7. The predicted molar refractivity (Wildman–Crippen MR) is 81.8 cm³/mol. The van der Waals surface area contributed by atoms with Crippen LogP contribution in [0, 0.1) is 5.92 Å². The Labute approximate surface area is 128 Å². The maximum Gasteiger partial charge on any atom is 0.179 e. The molecular weight excluding hydrogens is 278 g/mol. The van der Waals surface area contributed by atoms with Crippen LogP contribution in [0.4, 0.5) is 0 Å². The van der Waals surface area contributed by atoms with Crippen molar-refractivity contribution in [3.05, 3.63) is 65.7 Å². The minimum atomic E-state index is -0.299. The molecule has 4 rings (SSSR count). The average molecular weight is 293 g/mol. The highest BCUT2D eigenvalue weighted by atomic mass is 16.5. The summed E-state index contributed by atoms with van der Waals surface area (Å²) in [5.41, 5.74) is 3.27. The number of nitrogens with zero attached hydrogens (tertiary/aromatic N) is 1. The van der Waals surface area contributed by atoms with Gasteiger partial charge >= 0.3 is 0 Å². The Kier molecular flexibility index (Phi) is 2.96. The second-order valence-electron chi connectivity index (χ2n) is 5.66. The first kappa shape index (κ1) is 13.1. The van der Waals surface area contributed by atoms with Crippen LogP contribution in [0.3, 0.4) is 0 Å². The number of ether oxygens (including phenoxy) is 1. The van der Waals surface area contributed by atoms with Crippen molar-refractivity contribution in [1.82, 2.24) is 4.98 Å². The van der Waals surface area contributed by atoms with Gasteiger partial charge in [-0.15, -0.1) is 0 Å². The minimum absolute atomic E-state index is 0.0258. The van der Waals surface area contributed by atoms with E-state index in [4.69, 9.17) is 4.74 Å². The number of ketones is 1. The molecule has 0 aromatic carbocycles. The highest BCUT2D eigenvalue weighted by molar-refractivity contribution is 6.23. The highest BCUT2D eigenvalue weighted by Crippen LogP contribution is 2.39. The molecule has 0 saturated heterocycles. The van der Waals surface area contributed by atoms with Gasteiger partial charge in [0.25, 0.3) is 0 Å². The standard InChI is InChI=1S/C18H15NO3/c20-12-6-7-15(19-9-12)14-10-22-16-8-5-11-3-1-2-4-13(11)17(16)18(14)21/h2,4-10,16-17,20H,1,3H2. The molecule has 0 spiro atoms. The molecule has 0 amide bonds. The van der Waals surface area contributed by atoms with Crippen LogP contribution in [0.15, 0.2) is 60.0 Å². The number of aromatic nitrogens is 1. The number of carbonyl (C=O) groups is 1. The number of pyridine rings is 1. The fourth-order valence-corrected chi connectivity index (χ4v) is 3.20. The maximum atomic E-state index is 12.9. The van der Waals surface area contributed by atoms with Gasteiger partial charge in [0.1, 0.15) is 11.9 Å². The molecule has 2 aliphatic carbocycles. The number of hydrogen-bond acceptors (Lipinski definition) is 4. The first-order valence-electron chi connectivity index (χ1n) is 7.37. The molecule has 0 radical (unpaired) electrons. The molecule has 22 heavy (non-hydrogen) atoms. The van der Waals surface area contributed by atoms with Gasteiger partial charge in [-0.3, -0.25) is 9.78 Å². The predicted octanol–water partition coefficient (Wildman–Crippen LogP) is 2.93. The maximum absolute atomic E-state index is 12.9. The van der Waals surface area contributed by atoms with Gasteiger partial charge in [-0.25, -0.2) is 0 Å². The van der Waals surface area contributed by atoms with E-state index in [0.717, 1.165) is 18.4 Å². The molecule has 0 saturated carbocycles. The summed E-state index contributed by atoms with van der Waals surface area (Å²) >= 11 is 0.